The largest absolute Gasteiger partial charge is 0.508 e. The van der Waals surface area contributed by atoms with Crippen molar-refractivity contribution in [2.75, 3.05) is 29.9 Å². The molecule has 0 bridgehead atoms. The number of aromatic hydroxyl groups is 1. The normalized spacial score (nSPS) is 21.6. The minimum atomic E-state index is -0.723. The zero-order valence-corrected chi connectivity index (χ0v) is 17.6. The lowest BCUT2D eigenvalue weighted by molar-refractivity contribution is -0.139. The topological polar surface area (TPSA) is 112 Å². The average Bonchev–Trinajstić information content (AvgIpc) is 3.22. The number of carboxylic acid groups (broad SMARTS) is 1. The number of aromatic nitrogens is 1. The van der Waals surface area contributed by atoms with Crippen LogP contribution in [0.25, 0.3) is 0 Å². The van der Waals surface area contributed by atoms with E-state index in [-0.39, 0.29) is 35.3 Å². The summed E-state index contributed by atoms with van der Waals surface area (Å²) >= 11 is 0. The number of fused-ring (bicyclic) bond motifs is 1. The van der Waals surface area contributed by atoms with E-state index in [9.17, 15) is 19.8 Å². The van der Waals surface area contributed by atoms with Crippen LogP contribution in [0.2, 0.25) is 0 Å². The third kappa shape index (κ3) is 4.57. The first kappa shape index (κ1) is 21.0. The molecule has 1 amide bonds. The fraction of sp³-hybridized carbons (Fsp3) is 0.435. The Labute approximate surface area is 180 Å². The number of nitrogens with one attached hydrogen (secondary N) is 1. The number of piperidine rings is 1. The van der Waals surface area contributed by atoms with Crippen LogP contribution in [-0.4, -0.2) is 46.8 Å². The Morgan fingerprint density at radius 2 is 1.97 bits per heavy atom. The summed E-state index contributed by atoms with van der Waals surface area (Å²) in [4.78, 5) is 30.7. The monoisotopic (exact) mass is 425 g/mol. The maximum atomic E-state index is 12.9. The van der Waals surface area contributed by atoms with Crippen LogP contribution in [0.15, 0.2) is 36.4 Å². The van der Waals surface area contributed by atoms with Crippen molar-refractivity contribution in [1.29, 1.82) is 0 Å². The molecule has 2 fully saturated rings. The van der Waals surface area contributed by atoms with Gasteiger partial charge in [0.2, 0.25) is 5.88 Å². The van der Waals surface area contributed by atoms with Gasteiger partial charge in [0.25, 0.3) is 5.91 Å². The highest BCUT2D eigenvalue weighted by atomic mass is 16.5. The van der Waals surface area contributed by atoms with Gasteiger partial charge in [-0.3, -0.25) is 9.59 Å². The molecule has 164 valence electrons. The van der Waals surface area contributed by atoms with E-state index < -0.39 is 5.97 Å². The summed E-state index contributed by atoms with van der Waals surface area (Å²) in [6.07, 6.45) is 0.827. The Morgan fingerprint density at radius 3 is 2.61 bits per heavy atom. The predicted octanol–water partition coefficient (Wildman–Crippen LogP) is 3.23. The number of hydrogen-bond acceptors (Lipinski definition) is 6. The van der Waals surface area contributed by atoms with E-state index in [4.69, 9.17) is 4.74 Å². The molecule has 3 N–H and O–H groups in total. The first-order valence-corrected chi connectivity index (χ1v) is 10.6. The quantitative estimate of drug-likeness (QED) is 0.595. The number of hydrogen-bond donors (Lipinski definition) is 3. The standard InChI is InChI=1S/C23H27N3O5/c1-13(2)8-9-31-22-16(21(28)24-14-4-3-5-15(27)10-14)6-7-19(25-22)26-11-17-18(12-26)20(17)23(29)30/h3-7,10,13,17-18,20,27H,8-9,11-12H2,1-2H3,(H,24,28)(H,29,30)/t17-,18+,20?. The number of carboxylic acids is 1. The molecule has 2 aliphatic rings. The number of anilines is 2. The molecule has 1 aliphatic carbocycles. The molecule has 1 saturated carbocycles. The lowest BCUT2D eigenvalue weighted by Crippen LogP contribution is -2.27. The molecule has 1 aliphatic heterocycles. The van der Waals surface area contributed by atoms with Crippen LogP contribution in [0.5, 0.6) is 11.6 Å². The van der Waals surface area contributed by atoms with E-state index in [0.29, 0.717) is 42.7 Å². The van der Waals surface area contributed by atoms with Gasteiger partial charge < -0.3 is 25.2 Å². The number of pyridine rings is 1. The van der Waals surface area contributed by atoms with Gasteiger partial charge in [0.15, 0.2) is 0 Å². The summed E-state index contributed by atoms with van der Waals surface area (Å²) in [5.41, 5.74) is 0.783. The summed E-state index contributed by atoms with van der Waals surface area (Å²) in [5.74, 6) is 0.440. The molecule has 4 rings (SSSR count). The summed E-state index contributed by atoms with van der Waals surface area (Å²) in [7, 11) is 0. The Morgan fingerprint density at radius 1 is 1.23 bits per heavy atom. The van der Waals surface area contributed by atoms with Crippen molar-refractivity contribution in [2.45, 2.75) is 20.3 Å². The first-order valence-electron chi connectivity index (χ1n) is 10.6. The number of amides is 1. The van der Waals surface area contributed by atoms with Gasteiger partial charge in [-0.2, -0.15) is 4.98 Å². The second kappa shape index (κ2) is 8.45. The SMILES string of the molecule is CC(C)CCOc1nc(N2C[C@@H]3C(C(=O)O)[C@@H]3C2)ccc1C(=O)Nc1cccc(O)c1. The zero-order chi connectivity index (χ0) is 22.1. The van der Waals surface area contributed by atoms with Crippen molar-refractivity contribution >= 4 is 23.4 Å². The van der Waals surface area contributed by atoms with Crippen LogP contribution >= 0.6 is 0 Å². The van der Waals surface area contributed by atoms with Gasteiger partial charge in [0, 0.05) is 24.8 Å². The first-order chi connectivity index (χ1) is 14.8. The molecule has 1 saturated heterocycles. The van der Waals surface area contributed by atoms with Crippen molar-refractivity contribution in [1.82, 2.24) is 4.98 Å². The molecule has 2 heterocycles. The summed E-state index contributed by atoms with van der Waals surface area (Å²) in [5, 5.41) is 21.6. The average molecular weight is 425 g/mol. The van der Waals surface area contributed by atoms with Crippen molar-refractivity contribution in [3.63, 3.8) is 0 Å². The molecular formula is C23H27N3O5. The van der Waals surface area contributed by atoms with Crippen molar-refractivity contribution < 1.29 is 24.5 Å². The van der Waals surface area contributed by atoms with Gasteiger partial charge in [-0.1, -0.05) is 19.9 Å². The lowest BCUT2D eigenvalue weighted by atomic mass is 10.1. The van der Waals surface area contributed by atoms with E-state index in [1.54, 1.807) is 24.3 Å². The lowest BCUT2D eigenvalue weighted by Gasteiger charge is -2.22. The number of rotatable bonds is 8. The van der Waals surface area contributed by atoms with Gasteiger partial charge in [-0.15, -0.1) is 0 Å². The van der Waals surface area contributed by atoms with Crippen LogP contribution in [0.4, 0.5) is 11.5 Å². The fourth-order valence-corrected chi connectivity index (χ4v) is 4.14. The molecule has 0 radical (unpaired) electrons. The smallest absolute Gasteiger partial charge is 0.307 e. The van der Waals surface area contributed by atoms with Crippen LogP contribution in [-0.2, 0) is 4.79 Å². The highest BCUT2D eigenvalue weighted by Gasteiger charge is 2.60. The van der Waals surface area contributed by atoms with Crippen molar-refractivity contribution in [2.24, 2.45) is 23.7 Å². The minimum absolute atomic E-state index is 0.0620. The Kier molecular flexibility index (Phi) is 5.71. The van der Waals surface area contributed by atoms with Crippen LogP contribution in [0, 0.1) is 23.7 Å². The fourth-order valence-electron chi connectivity index (χ4n) is 4.14. The minimum Gasteiger partial charge on any atom is -0.508 e. The second-order valence-electron chi connectivity index (χ2n) is 8.65. The second-order valence-corrected chi connectivity index (χ2v) is 8.65. The Hall–Kier alpha value is -3.29. The van der Waals surface area contributed by atoms with Gasteiger partial charge in [0.1, 0.15) is 17.1 Å². The Balaban J connectivity index is 1.52. The highest BCUT2D eigenvalue weighted by molar-refractivity contribution is 6.06. The number of ether oxygens (including phenoxy) is 1. The van der Waals surface area contributed by atoms with Crippen molar-refractivity contribution in [3.05, 3.63) is 42.0 Å². The summed E-state index contributed by atoms with van der Waals surface area (Å²) < 4.78 is 5.89. The molecule has 1 aromatic heterocycles. The number of phenolic OH excluding ortho intramolecular Hbond substituents is 1. The maximum absolute atomic E-state index is 12.9. The van der Waals surface area contributed by atoms with Crippen LogP contribution < -0.4 is 15.0 Å². The van der Waals surface area contributed by atoms with E-state index in [0.717, 1.165) is 6.42 Å². The molecular weight excluding hydrogens is 398 g/mol. The Bertz CT molecular complexity index is 981. The summed E-state index contributed by atoms with van der Waals surface area (Å²) in [6.45, 7) is 5.92. The zero-order valence-electron chi connectivity index (χ0n) is 17.6. The van der Waals surface area contributed by atoms with Crippen LogP contribution in [0.1, 0.15) is 30.6 Å². The number of carbonyl (C=O) groups excluding carboxylic acids is 1. The molecule has 8 nitrogen and oxygen atoms in total. The molecule has 0 spiro atoms. The van der Waals surface area contributed by atoms with E-state index in [1.165, 1.54) is 12.1 Å². The molecule has 31 heavy (non-hydrogen) atoms. The molecule has 2 aromatic rings. The third-order valence-corrected chi connectivity index (χ3v) is 5.93. The molecule has 1 unspecified atom stereocenters. The number of benzene rings is 1. The molecule has 3 atom stereocenters. The van der Waals surface area contributed by atoms with E-state index in [2.05, 4.69) is 29.0 Å². The number of aliphatic carboxylic acids is 1. The number of phenols is 1. The van der Waals surface area contributed by atoms with E-state index in [1.807, 2.05) is 0 Å². The predicted molar refractivity (Wildman–Crippen MR) is 116 cm³/mol. The maximum Gasteiger partial charge on any atom is 0.307 e. The number of nitrogens with zero attached hydrogens (tertiary/aromatic N) is 2. The van der Waals surface area contributed by atoms with Gasteiger partial charge >= 0.3 is 5.97 Å². The van der Waals surface area contributed by atoms with E-state index >= 15 is 0 Å². The van der Waals surface area contributed by atoms with Gasteiger partial charge in [-0.05, 0) is 48.4 Å². The summed E-state index contributed by atoms with van der Waals surface area (Å²) in [6, 6.07) is 9.79. The molecule has 1 aromatic carbocycles. The van der Waals surface area contributed by atoms with Crippen LogP contribution in [0.3, 0.4) is 0 Å². The molecule has 8 heteroatoms. The van der Waals surface area contributed by atoms with Gasteiger partial charge in [0.05, 0.1) is 12.5 Å². The van der Waals surface area contributed by atoms with Crippen molar-refractivity contribution in [3.8, 4) is 11.6 Å². The third-order valence-electron chi connectivity index (χ3n) is 5.93. The highest BCUT2D eigenvalue weighted by Crippen LogP contribution is 2.52. The van der Waals surface area contributed by atoms with Gasteiger partial charge in [-0.25, -0.2) is 0 Å². The number of carbonyl (C=O) groups is 2.